The Morgan fingerprint density at radius 1 is 0.938 bits per heavy atom. The van der Waals surface area contributed by atoms with E-state index in [1.807, 2.05) is 18.2 Å². The lowest BCUT2D eigenvalue weighted by Gasteiger charge is -2.33. The number of aryl methyl sites for hydroxylation is 1. The van der Waals surface area contributed by atoms with Crippen molar-refractivity contribution in [2.24, 2.45) is 0 Å². The largest absolute Gasteiger partial charge is 0.495 e. The third-order valence-corrected chi connectivity index (χ3v) is 7.98. The molecular formula is C23H27N3O5S. The van der Waals surface area contributed by atoms with E-state index in [2.05, 4.69) is 0 Å². The Balaban J connectivity index is 1.54. The number of hydrogen-bond donors (Lipinski definition) is 0. The van der Waals surface area contributed by atoms with Gasteiger partial charge in [0.25, 0.3) is 5.91 Å². The van der Waals surface area contributed by atoms with Crippen LogP contribution in [0.15, 0.2) is 47.4 Å². The molecule has 8 nitrogen and oxygen atoms in total. The van der Waals surface area contributed by atoms with Crippen LogP contribution in [0.25, 0.3) is 0 Å². The zero-order valence-electron chi connectivity index (χ0n) is 18.3. The van der Waals surface area contributed by atoms with Gasteiger partial charge >= 0.3 is 0 Å². The molecule has 2 aliphatic heterocycles. The molecule has 32 heavy (non-hydrogen) atoms. The molecule has 0 aromatic heterocycles. The van der Waals surface area contributed by atoms with Gasteiger partial charge < -0.3 is 14.5 Å². The minimum Gasteiger partial charge on any atom is -0.495 e. The maximum absolute atomic E-state index is 13.3. The maximum Gasteiger partial charge on any atom is 0.258 e. The molecule has 2 aromatic rings. The molecule has 1 fully saturated rings. The quantitative estimate of drug-likeness (QED) is 0.702. The molecule has 0 unspecified atom stereocenters. The molecule has 2 aromatic carbocycles. The number of para-hydroxylation sites is 1. The van der Waals surface area contributed by atoms with E-state index in [1.165, 1.54) is 23.4 Å². The van der Waals surface area contributed by atoms with Crippen molar-refractivity contribution in [3.8, 4) is 5.75 Å². The van der Waals surface area contributed by atoms with E-state index in [-0.39, 0.29) is 29.8 Å². The van der Waals surface area contributed by atoms with Crippen molar-refractivity contribution in [3.05, 3.63) is 53.6 Å². The Labute approximate surface area is 188 Å². The molecule has 9 heteroatoms. The SMILES string of the molecule is COc1cccc2c1N(C(=O)c1ccc(S(=O)(=O)N3CCN(C(C)=O)CC3)cc1)CCC2. The maximum atomic E-state index is 13.3. The summed E-state index contributed by atoms with van der Waals surface area (Å²) in [5.74, 6) is 0.412. The van der Waals surface area contributed by atoms with Crippen molar-refractivity contribution in [1.29, 1.82) is 0 Å². The fraction of sp³-hybridized carbons (Fsp3) is 0.391. The summed E-state index contributed by atoms with van der Waals surface area (Å²) in [4.78, 5) is 28.2. The summed E-state index contributed by atoms with van der Waals surface area (Å²) in [5.41, 5.74) is 2.27. The van der Waals surface area contributed by atoms with E-state index in [4.69, 9.17) is 4.74 Å². The van der Waals surface area contributed by atoms with E-state index < -0.39 is 10.0 Å². The lowest BCUT2D eigenvalue weighted by molar-refractivity contribution is -0.129. The van der Waals surface area contributed by atoms with Gasteiger partial charge in [0, 0.05) is 45.2 Å². The first-order valence-electron chi connectivity index (χ1n) is 10.7. The normalized spacial score (nSPS) is 17.1. The van der Waals surface area contributed by atoms with Gasteiger partial charge in [-0.1, -0.05) is 12.1 Å². The van der Waals surface area contributed by atoms with Gasteiger partial charge in [0.05, 0.1) is 17.7 Å². The number of carbonyl (C=O) groups excluding carboxylic acids is 2. The van der Waals surface area contributed by atoms with Gasteiger partial charge in [-0.25, -0.2) is 8.42 Å². The van der Waals surface area contributed by atoms with E-state index in [9.17, 15) is 18.0 Å². The number of benzene rings is 2. The van der Waals surface area contributed by atoms with Crippen molar-refractivity contribution < 1.29 is 22.7 Å². The summed E-state index contributed by atoms with van der Waals surface area (Å²) in [7, 11) is -2.10. The second-order valence-electron chi connectivity index (χ2n) is 7.96. The molecule has 2 aliphatic rings. The second-order valence-corrected chi connectivity index (χ2v) is 9.90. The second kappa shape index (κ2) is 8.91. The Morgan fingerprint density at radius 2 is 1.62 bits per heavy atom. The molecule has 0 spiro atoms. The highest BCUT2D eigenvalue weighted by molar-refractivity contribution is 7.89. The number of sulfonamides is 1. The van der Waals surface area contributed by atoms with Crippen LogP contribution >= 0.6 is 0 Å². The Bertz CT molecular complexity index is 1110. The fourth-order valence-electron chi connectivity index (χ4n) is 4.30. The van der Waals surface area contributed by atoms with Crippen LogP contribution in [0.1, 0.15) is 29.3 Å². The molecule has 0 aliphatic carbocycles. The van der Waals surface area contributed by atoms with Crippen LogP contribution in [0.4, 0.5) is 5.69 Å². The van der Waals surface area contributed by atoms with Crippen LogP contribution in [0.3, 0.4) is 0 Å². The van der Waals surface area contributed by atoms with E-state index >= 15 is 0 Å². The number of nitrogens with zero attached hydrogens (tertiary/aromatic N) is 3. The third-order valence-electron chi connectivity index (χ3n) is 6.07. The summed E-state index contributed by atoms with van der Waals surface area (Å²) in [5, 5.41) is 0. The number of piperazine rings is 1. The highest BCUT2D eigenvalue weighted by atomic mass is 32.2. The average molecular weight is 458 g/mol. The van der Waals surface area contributed by atoms with Gasteiger partial charge in [-0.15, -0.1) is 0 Å². The van der Waals surface area contributed by atoms with E-state index in [0.29, 0.717) is 30.9 Å². The Morgan fingerprint density at radius 3 is 2.25 bits per heavy atom. The Kier molecular flexibility index (Phi) is 6.21. The summed E-state index contributed by atoms with van der Waals surface area (Å²) in [6.07, 6.45) is 1.73. The van der Waals surface area contributed by atoms with Gasteiger partial charge in [-0.2, -0.15) is 4.31 Å². The van der Waals surface area contributed by atoms with Gasteiger partial charge in [0.1, 0.15) is 5.75 Å². The number of fused-ring (bicyclic) bond motifs is 1. The van der Waals surface area contributed by atoms with Crippen LogP contribution in [-0.2, 0) is 21.2 Å². The number of methoxy groups -OCH3 is 1. The molecule has 0 radical (unpaired) electrons. The molecule has 0 atom stereocenters. The summed E-state index contributed by atoms with van der Waals surface area (Å²) in [6.45, 7) is 3.32. The molecule has 2 heterocycles. The molecule has 0 saturated carbocycles. The van der Waals surface area contributed by atoms with Crippen molar-refractivity contribution in [2.75, 3.05) is 44.7 Å². The predicted octanol–water partition coefficient (Wildman–Crippen LogP) is 2.14. The van der Waals surface area contributed by atoms with Gasteiger partial charge in [0.15, 0.2) is 0 Å². The van der Waals surface area contributed by atoms with Gasteiger partial charge in [-0.05, 0) is 48.7 Å². The monoisotopic (exact) mass is 457 g/mol. The zero-order chi connectivity index (χ0) is 22.9. The van der Waals surface area contributed by atoms with Crippen LogP contribution in [0.2, 0.25) is 0 Å². The number of anilines is 1. The molecule has 4 rings (SSSR count). The van der Waals surface area contributed by atoms with Gasteiger partial charge in [-0.3, -0.25) is 9.59 Å². The van der Waals surface area contributed by atoms with Crippen LogP contribution in [0, 0.1) is 0 Å². The van der Waals surface area contributed by atoms with E-state index in [1.54, 1.807) is 29.0 Å². The highest BCUT2D eigenvalue weighted by Gasteiger charge is 2.30. The minimum atomic E-state index is -3.69. The van der Waals surface area contributed by atoms with Crippen LogP contribution < -0.4 is 9.64 Å². The number of ether oxygens (including phenoxy) is 1. The molecule has 0 bridgehead atoms. The third kappa shape index (κ3) is 4.10. The predicted molar refractivity (Wildman–Crippen MR) is 120 cm³/mol. The van der Waals surface area contributed by atoms with Crippen molar-refractivity contribution in [3.63, 3.8) is 0 Å². The molecular weight excluding hydrogens is 430 g/mol. The first-order chi connectivity index (χ1) is 15.3. The number of rotatable bonds is 4. The number of carbonyl (C=O) groups is 2. The standard InChI is InChI=1S/C23H27N3O5S/c1-17(27)24-13-15-25(16-14-24)32(29,30)20-10-8-19(9-11-20)23(28)26-12-4-6-18-5-3-7-21(31-2)22(18)26/h3,5,7-11H,4,6,12-16H2,1-2H3. The van der Waals surface area contributed by atoms with E-state index in [0.717, 1.165) is 24.1 Å². The number of hydrogen-bond acceptors (Lipinski definition) is 5. The first kappa shape index (κ1) is 22.3. The fourth-order valence-corrected chi connectivity index (χ4v) is 5.72. The number of amides is 2. The zero-order valence-corrected chi connectivity index (χ0v) is 19.1. The van der Waals surface area contributed by atoms with Crippen molar-refractivity contribution in [2.45, 2.75) is 24.7 Å². The van der Waals surface area contributed by atoms with Gasteiger partial charge in [0.2, 0.25) is 15.9 Å². The molecule has 170 valence electrons. The molecule has 1 saturated heterocycles. The molecule has 2 amide bonds. The summed E-state index contributed by atoms with van der Waals surface area (Å²) >= 11 is 0. The molecule has 0 N–H and O–H groups in total. The summed E-state index contributed by atoms with van der Waals surface area (Å²) < 4.78 is 32.9. The highest BCUT2D eigenvalue weighted by Crippen LogP contribution is 2.37. The van der Waals surface area contributed by atoms with Crippen molar-refractivity contribution in [1.82, 2.24) is 9.21 Å². The lowest BCUT2D eigenvalue weighted by atomic mass is 10.00. The van der Waals surface area contributed by atoms with Crippen LogP contribution in [-0.4, -0.2) is 69.3 Å². The topological polar surface area (TPSA) is 87.2 Å². The van der Waals surface area contributed by atoms with Crippen molar-refractivity contribution >= 4 is 27.5 Å². The average Bonchev–Trinajstić information content (AvgIpc) is 2.83. The van der Waals surface area contributed by atoms with Crippen LogP contribution in [0.5, 0.6) is 5.75 Å². The minimum absolute atomic E-state index is 0.0548. The smallest absolute Gasteiger partial charge is 0.258 e. The first-order valence-corrected chi connectivity index (χ1v) is 12.1. The lowest BCUT2D eigenvalue weighted by Crippen LogP contribution is -2.49. The Hall–Kier alpha value is -2.91. The summed E-state index contributed by atoms with van der Waals surface area (Å²) in [6, 6.07) is 11.8.